The number of nitrogens with one attached hydrogen (secondary N) is 1. The molecule has 2 aromatic heterocycles. The van der Waals surface area contributed by atoms with Gasteiger partial charge in [-0.3, -0.25) is 14.8 Å². The average Bonchev–Trinajstić information content (AvgIpc) is 2.75. The summed E-state index contributed by atoms with van der Waals surface area (Å²) in [5.41, 5.74) is 0.927. The molecule has 0 saturated carbocycles. The van der Waals surface area contributed by atoms with Crippen LogP contribution in [0.3, 0.4) is 0 Å². The van der Waals surface area contributed by atoms with Crippen molar-refractivity contribution in [2.75, 3.05) is 31.6 Å². The van der Waals surface area contributed by atoms with Crippen LogP contribution in [0.25, 0.3) is 0 Å². The van der Waals surface area contributed by atoms with Gasteiger partial charge in [0.15, 0.2) is 5.82 Å². The molecule has 0 aromatic carbocycles. The van der Waals surface area contributed by atoms with Crippen LogP contribution in [0.5, 0.6) is 0 Å². The van der Waals surface area contributed by atoms with E-state index in [1.165, 1.54) is 0 Å². The fourth-order valence-electron chi connectivity index (χ4n) is 3.80. The van der Waals surface area contributed by atoms with Gasteiger partial charge in [-0.2, -0.15) is 0 Å². The lowest BCUT2D eigenvalue weighted by Crippen LogP contribution is -2.43. The fraction of sp³-hybridized carbons (Fsp3) is 0.526. The third-order valence-electron chi connectivity index (χ3n) is 5.24. The SMILES string of the molecule is O=C([C@H]1CCCOC1)N1CCC(c2nccnc2Nc2cnccn2)CC1. The highest BCUT2D eigenvalue weighted by atomic mass is 16.5. The van der Waals surface area contributed by atoms with Gasteiger partial charge >= 0.3 is 0 Å². The van der Waals surface area contributed by atoms with Gasteiger partial charge in [0, 0.05) is 50.4 Å². The van der Waals surface area contributed by atoms with Crippen LogP contribution in [0, 0.1) is 5.92 Å². The van der Waals surface area contributed by atoms with Crippen molar-refractivity contribution in [3.05, 3.63) is 36.7 Å². The Morgan fingerprint density at radius 3 is 2.63 bits per heavy atom. The third-order valence-corrected chi connectivity index (χ3v) is 5.24. The fourth-order valence-corrected chi connectivity index (χ4v) is 3.80. The summed E-state index contributed by atoms with van der Waals surface area (Å²) in [6.45, 7) is 2.84. The van der Waals surface area contributed by atoms with Gasteiger partial charge in [-0.15, -0.1) is 0 Å². The number of piperidine rings is 1. The zero-order valence-corrected chi connectivity index (χ0v) is 15.3. The second-order valence-corrected chi connectivity index (χ2v) is 7.02. The van der Waals surface area contributed by atoms with Gasteiger partial charge in [-0.25, -0.2) is 9.97 Å². The maximum absolute atomic E-state index is 12.7. The van der Waals surface area contributed by atoms with Crippen molar-refractivity contribution in [2.24, 2.45) is 5.92 Å². The van der Waals surface area contributed by atoms with E-state index in [0.717, 1.165) is 51.1 Å². The number of nitrogens with zero attached hydrogens (tertiary/aromatic N) is 5. The topological polar surface area (TPSA) is 93.1 Å². The molecule has 2 saturated heterocycles. The van der Waals surface area contributed by atoms with Gasteiger partial charge in [-0.05, 0) is 25.7 Å². The van der Waals surface area contributed by atoms with Gasteiger partial charge in [0.2, 0.25) is 5.91 Å². The number of carbonyl (C=O) groups is 1. The Hall–Kier alpha value is -2.61. The van der Waals surface area contributed by atoms with Crippen LogP contribution in [0.4, 0.5) is 11.6 Å². The van der Waals surface area contributed by atoms with E-state index < -0.39 is 0 Å². The molecule has 8 nitrogen and oxygen atoms in total. The first-order valence-corrected chi connectivity index (χ1v) is 9.52. The molecule has 27 heavy (non-hydrogen) atoms. The number of amides is 1. The van der Waals surface area contributed by atoms with E-state index in [4.69, 9.17) is 4.74 Å². The first-order valence-electron chi connectivity index (χ1n) is 9.52. The Kier molecular flexibility index (Phi) is 5.53. The third kappa shape index (κ3) is 4.21. The van der Waals surface area contributed by atoms with Crippen LogP contribution in [0.2, 0.25) is 0 Å². The molecule has 0 unspecified atom stereocenters. The lowest BCUT2D eigenvalue weighted by Gasteiger charge is -2.35. The molecule has 4 rings (SSSR count). The minimum atomic E-state index is 0.0284. The molecule has 8 heteroatoms. The Morgan fingerprint density at radius 2 is 1.89 bits per heavy atom. The minimum Gasteiger partial charge on any atom is -0.381 e. The minimum absolute atomic E-state index is 0.0284. The molecule has 2 aliphatic rings. The molecule has 2 fully saturated rings. The van der Waals surface area contributed by atoms with E-state index in [9.17, 15) is 4.79 Å². The van der Waals surface area contributed by atoms with Crippen molar-refractivity contribution >= 4 is 17.5 Å². The van der Waals surface area contributed by atoms with E-state index in [1.807, 2.05) is 4.90 Å². The van der Waals surface area contributed by atoms with E-state index in [0.29, 0.717) is 18.2 Å². The van der Waals surface area contributed by atoms with Crippen LogP contribution < -0.4 is 5.32 Å². The maximum Gasteiger partial charge on any atom is 0.228 e. The number of rotatable bonds is 4. The molecular weight excluding hydrogens is 344 g/mol. The van der Waals surface area contributed by atoms with E-state index >= 15 is 0 Å². The lowest BCUT2D eigenvalue weighted by molar-refractivity contribution is -0.140. The summed E-state index contributed by atoms with van der Waals surface area (Å²) in [7, 11) is 0. The standard InChI is InChI=1S/C19H24N6O2/c26-19(15-2-1-11-27-13-15)25-9-3-14(4-10-25)17-18(23-8-7-22-17)24-16-12-20-5-6-21-16/h5-8,12,14-15H,1-4,9-11,13H2,(H,21,23,24)/t15-/m0/s1. The van der Waals surface area contributed by atoms with Crippen LogP contribution in [-0.2, 0) is 9.53 Å². The van der Waals surface area contributed by atoms with E-state index in [1.54, 1.807) is 31.0 Å². The molecule has 4 heterocycles. The normalized spacial score (nSPS) is 21.0. The molecule has 0 aliphatic carbocycles. The molecule has 1 atom stereocenters. The van der Waals surface area contributed by atoms with Gasteiger partial charge in [0.05, 0.1) is 24.4 Å². The Bertz CT molecular complexity index is 758. The Morgan fingerprint density at radius 1 is 1.07 bits per heavy atom. The highest BCUT2D eigenvalue weighted by Gasteiger charge is 2.31. The summed E-state index contributed by atoms with van der Waals surface area (Å²) in [6, 6.07) is 0. The summed E-state index contributed by atoms with van der Waals surface area (Å²) in [4.78, 5) is 32.0. The van der Waals surface area contributed by atoms with Gasteiger partial charge < -0.3 is 15.0 Å². The van der Waals surface area contributed by atoms with Gasteiger partial charge in [0.1, 0.15) is 5.82 Å². The van der Waals surface area contributed by atoms with Gasteiger partial charge in [0.25, 0.3) is 0 Å². The van der Waals surface area contributed by atoms with Crippen molar-refractivity contribution < 1.29 is 9.53 Å². The van der Waals surface area contributed by atoms with E-state index in [-0.39, 0.29) is 17.7 Å². The number of likely N-dealkylation sites (tertiary alicyclic amines) is 1. The van der Waals surface area contributed by atoms with E-state index in [2.05, 4.69) is 25.3 Å². The van der Waals surface area contributed by atoms with Crippen molar-refractivity contribution in [3.8, 4) is 0 Å². The first-order chi connectivity index (χ1) is 13.3. The lowest BCUT2D eigenvalue weighted by atomic mass is 9.91. The summed E-state index contributed by atoms with van der Waals surface area (Å²) in [6.07, 6.45) is 12.0. The molecular formula is C19H24N6O2. The number of aromatic nitrogens is 4. The summed E-state index contributed by atoms with van der Waals surface area (Å²) < 4.78 is 5.47. The Labute approximate surface area is 158 Å². The molecule has 2 aliphatic heterocycles. The zero-order chi connectivity index (χ0) is 18.5. The highest BCUT2D eigenvalue weighted by Crippen LogP contribution is 2.32. The second-order valence-electron chi connectivity index (χ2n) is 7.02. The first kappa shape index (κ1) is 17.8. The number of hydrogen-bond acceptors (Lipinski definition) is 7. The van der Waals surface area contributed by atoms with Crippen LogP contribution >= 0.6 is 0 Å². The largest absolute Gasteiger partial charge is 0.381 e. The quantitative estimate of drug-likeness (QED) is 0.884. The van der Waals surface area contributed by atoms with Crippen LogP contribution in [0.15, 0.2) is 31.0 Å². The number of carbonyl (C=O) groups excluding carboxylic acids is 1. The summed E-state index contributed by atoms with van der Waals surface area (Å²) >= 11 is 0. The van der Waals surface area contributed by atoms with Crippen molar-refractivity contribution in [2.45, 2.75) is 31.6 Å². The predicted octanol–water partition coefficient (Wildman–Crippen LogP) is 2.14. The molecule has 1 amide bonds. The van der Waals surface area contributed by atoms with Crippen molar-refractivity contribution in [1.82, 2.24) is 24.8 Å². The number of ether oxygens (including phenoxy) is 1. The molecule has 1 N–H and O–H groups in total. The zero-order valence-electron chi connectivity index (χ0n) is 15.3. The van der Waals surface area contributed by atoms with Crippen molar-refractivity contribution in [3.63, 3.8) is 0 Å². The Balaban J connectivity index is 1.40. The predicted molar refractivity (Wildman–Crippen MR) is 99.4 cm³/mol. The van der Waals surface area contributed by atoms with Crippen molar-refractivity contribution in [1.29, 1.82) is 0 Å². The number of anilines is 2. The second kappa shape index (κ2) is 8.39. The number of hydrogen-bond donors (Lipinski definition) is 1. The summed E-state index contributed by atoms with van der Waals surface area (Å²) in [5.74, 6) is 1.89. The van der Waals surface area contributed by atoms with Crippen LogP contribution in [0.1, 0.15) is 37.3 Å². The monoisotopic (exact) mass is 368 g/mol. The smallest absolute Gasteiger partial charge is 0.228 e. The maximum atomic E-state index is 12.7. The molecule has 0 radical (unpaired) electrons. The molecule has 2 aromatic rings. The summed E-state index contributed by atoms with van der Waals surface area (Å²) in [5, 5.41) is 3.21. The highest BCUT2D eigenvalue weighted by molar-refractivity contribution is 5.79. The average molecular weight is 368 g/mol. The van der Waals surface area contributed by atoms with Crippen LogP contribution in [-0.4, -0.2) is 57.0 Å². The van der Waals surface area contributed by atoms with Gasteiger partial charge in [-0.1, -0.05) is 0 Å². The molecule has 142 valence electrons. The molecule has 0 bridgehead atoms. The molecule has 0 spiro atoms.